The number of hydrazine groups is 1. The molecule has 4 unspecified atom stereocenters. The number of aliphatic hydroxyl groups is 1. The van der Waals surface area contributed by atoms with Crippen LogP contribution in [0.4, 0.5) is 30.6 Å². The third kappa shape index (κ3) is 8.52. The Kier molecular flexibility index (Phi) is 12.3. The molecule has 51 heavy (non-hydrogen) atoms. The van der Waals surface area contributed by atoms with Crippen LogP contribution in [-0.2, 0) is 16.9 Å². The number of urea groups is 1. The maximum Gasteiger partial charge on any atom is 0.336 e. The molecule has 1 aromatic heterocycles. The van der Waals surface area contributed by atoms with E-state index in [9.17, 15) is 18.7 Å². The van der Waals surface area contributed by atoms with E-state index in [-0.39, 0.29) is 24.9 Å². The Morgan fingerprint density at radius 2 is 1.73 bits per heavy atom. The Bertz CT molecular complexity index is 1710. The Morgan fingerprint density at radius 3 is 2.27 bits per heavy atom. The van der Waals surface area contributed by atoms with Crippen LogP contribution < -0.4 is 30.7 Å². The van der Waals surface area contributed by atoms with Gasteiger partial charge in [-0.1, -0.05) is 13.0 Å². The highest BCUT2D eigenvalue weighted by Gasteiger charge is 2.44. The second kappa shape index (κ2) is 16.7. The van der Waals surface area contributed by atoms with Crippen LogP contribution in [-0.4, -0.2) is 77.4 Å². The number of rotatable bonds is 12. The zero-order chi connectivity index (χ0) is 35.3. The summed E-state index contributed by atoms with van der Waals surface area (Å²) in [7, 11) is 0. The number of amides is 2. The summed E-state index contributed by atoms with van der Waals surface area (Å²) in [5, 5.41) is 14.4. The van der Waals surface area contributed by atoms with E-state index in [1.165, 1.54) is 23.4 Å². The number of hydrogen-bond acceptors (Lipinski definition) is 9. The number of anilines is 3. The van der Waals surface area contributed by atoms with E-state index >= 15 is 0 Å². The summed E-state index contributed by atoms with van der Waals surface area (Å²) in [6, 6.07) is 18.5. The monoisotopic (exact) mass is 726 g/mol. The Labute approximate surface area is 302 Å². The predicted molar refractivity (Wildman–Crippen MR) is 193 cm³/mol. The topological polar surface area (TPSA) is 134 Å². The number of nitrogens with one attached hydrogen (secondary N) is 1. The molecule has 0 radical (unpaired) electrons. The number of piperazine rings is 1. The van der Waals surface area contributed by atoms with Gasteiger partial charge >= 0.3 is 6.03 Å². The first kappa shape index (κ1) is 37.7. The van der Waals surface area contributed by atoms with Crippen molar-refractivity contribution in [3.63, 3.8) is 0 Å². The van der Waals surface area contributed by atoms with Crippen LogP contribution in [0.15, 0.2) is 79.4 Å². The number of aromatic nitrogens is 3. The molecule has 2 aliphatic rings. The van der Waals surface area contributed by atoms with Gasteiger partial charge in [-0.25, -0.2) is 29.1 Å². The first-order valence-electron chi connectivity index (χ1n) is 16.9. The van der Waals surface area contributed by atoms with Crippen molar-refractivity contribution < 1.29 is 28.2 Å². The molecule has 3 heterocycles. The smallest absolute Gasteiger partial charge is 0.336 e. The molecule has 0 spiro atoms. The van der Waals surface area contributed by atoms with Crippen molar-refractivity contribution in [2.45, 2.75) is 51.0 Å². The van der Waals surface area contributed by atoms with Crippen LogP contribution in [0.25, 0.3) is 0 Å². The molecule has 4 aromatic rings. The van der Waals surface area contributed by atoms with Gasteiger partial charge in [-0.2, -0.15) is 5.10 Å². The normalized spacial score (nSPS) is 20.0. The van der Waals surface area contributed by atoms with E-state index in [1.807, 2.05) is 43.3 Å². The highest BCUT2D eigenvalue weighted by molar-refractivity contribution is 5.92. The van der Waals surface area contributed by atoms with Gasteiger partial charge in [0, 0.05) is 60.8 Å². The van der Waals surface area contributed by atoms with E-state index in [0.717, 1.165) is 49.4 Å². The molecule has 4 N–H and O–H groups in total. The zero-order valence-electron chi connectivity index (χ0n) is 28.7. The Balaban J connectivity index is 0.00000504. The van der Waals surface area contributed by atoms with Crippen LogP contribution in [0.5, 0.6) is 5.75 Å². The third-order valence-corrected chi connectivity index (χ3v) is 9.63. The van der Waals surface area contributed by atoms with Crippen LogP contribution in [0.1, 0.15) is 32.3 Å². The molecular weight excluding hydrogens is 682 g/mol. The van der Waals surface area contributed by atoms with E-state index in [1.54, 1.807) is 17.9 Å². The lowest BCUT2D eigenvalue weighted by molar-refractivity contribution is -0.0206. The molecule has 6 rings (SSSR count). The number of ether oxygens (including phenoxy) is 2. The highest BCUT2D eigenvalue weighted by atomic mass is 35.5. The average molecular weight is 727 g/mol. The maximum atomic E-state index is 15.0. The van der Waals surface area contributed by atoms with Crippen molar-refractivity contribution in [2.24, 2.45) is 11.8 Å². The number of hydrogen-bond donors (Lipinski definition) is 3. The lowest BCUT2D eigenvalue weighted by Gasteiger charge is -2.38. The lowest BCUT2D eigenvalue weighted by atomic mass is 9.87. The molecule has 0 aliphatic carbocycles. The number of aliphatic hydroxyl groups excluding tert-OH is 1. The largest absolute Gasteiger partial charge is 0.493 e. The summed E-state index contributed by atoms with van der Waals surface area (Å²) >= 11 is 0. The molecule has 0 bridgehead atoms. The summed E-state index contributed by atoms with van der Waals surface area (Å²) in [5.74, 6) is 4.86. The summed E-state index contributed by atoms with van der Waals surface area (Å²) in [4.78, 5) is 22.7. The van der Waals surface area contributed by atoms with Gasteiger partial charge in [0.2, 0.25) is 0 Å². The number of carbonyl (C=O) groups is 1. The summed E-state index contributed by atoms with van der Waals surface area (Å²) in [6.45, 7) is 7.88. The molecule has 274 valence electrons. The van der Waals surface area contributed by atoms with E-state index in [4.69, 9.17) is 15.3 Å². The summed E-state index contributed by atoms with van der Waals surface area (Å²) in [5.41, 5.74) is 4.28. The minimum absolute atomic E-state index is 0. The fourth-order valence-corrected chi connectivity index (χ4v) is 7.07. The standard InChI is InChI=1S/C36H44F2N8O4.ClH/c1-3-34(25(2)47)46(35(48)42-39)30-7-5-28(6-8-30)43-14-16-44(17-15-43)29-9-11-31(12-10-29)49-20-26-19-36(50-21-26,22-45-24-40-23-41-45)32-13-4-27(37)18-33(32)38;/h4-13,18,23-26,34,47H,3,14-17,19-22,39H2,1-2H3,(H,42,48);1H. The zero-order valence-corrected chi connectivity index (χ0v) is 29.5. The SMILES string of the molecule is CCC(C(C)O)N(C(=O)NN)c1ccc(N2CCN(c3ccc(OCC4COC(Cn5cncn5)(c5ccc(F)cc5F)C4)cc3)CC2)cc1.Cl. The molecule has 15 heteroatoms. The van der Waals surface area contributed by atoms with Crippen molar-refractivity contribution in [3.8, 4) is 5.75 Å². The van der Waals surface area contributed by atoms with Crippen molar-refractivity contribution in [1.29, 1.82) is 0 Å². The quantitative estimate of drug-likeness (QED) is 0.106. The Hall–Kier alpha value is -4.50. The van der Waals surface area contributed by atoms with Crippen molar-refractivity contribution in [1.82, 2.24) is 20.2 Å². The minimum atomic E-state index is -1.02. The molecule has 12 nitrogen and oxygen atoms in total. The van der Waals surface area contributed by atoms with Gasteiger partial charge in [-0.3, -0.25) is 10.3 Å². The number of nitrogens with zero attached hydrogens (tertiary/aromatic N) is 6. The number of carbonyl (C=O) groups excluding carboxylic acids is 1. The first-order valence-corrected chi connectivity index (χ1v) is 16.9. The fourth-order valence-electron chi connectivity index (χ4n) is 7.07. The van der Waals surface area contributed by atoms with Crippen molar-refractivity contribution in [2.75, 3.05) is 54.1 Å². The van der Waals surface area contributed by atoms with E-state index < -0.39 is 35.4 Å². The summed E-state index contributed by atoms with van der Waals surface area (Å²) in [6.07, 6.45) is 3.30. The van der Waals surface area contributed by atoms with Crippen LogP contribution in [0.3, 0.4) is 0 Å². The van der Waals surface area contributed by atoms with Gasteiger partial charge in [0.25, 0.3) is 0 Å². The van der Waals surface area contributed by atoms with Crippen molar-refractivity contribution in [3.05, 3.63) is 96.6 Å². The second-order valence-electron chi connectivity index (χ2n) is 12.9. The Morgan fingerprint density at radius 1 is 1.08 bits per heavy atom. The second-order valence-corrected chi connectivity index (χ2v) is 12.9. The average Bonchev–Trinajstić information content (AvgIpc) is 3.80. The predicted octanol–water partition coefficient (Wildman–Crippen LogP) is 4.86. The van der Waals surface area contributed by atoms with E-state index in [0.29, 0.717) is 37.3 Å². The van der Waals surface area contributed by atoms with Crippen LogP contribution >= 0.6 is 12.4 Å². The maximum absolute atomic E-state index is 15.0. The van der Waals surface area contributed by atoms with Gasteiger partial charge in [-0.05, 0) is 74.4 Å². The molecule has 3 aromatic carbocycles. The molecule has 0 saturated carbocycles. The van der Waals surface area contributed by atoms with Gasteiger partial charge in [-0.15, -0.1) is 12.4 Å². The van der Waals surface area contributed by atoms with Gasteiger partial charge in [0.15, 0.2) is 0 Å². The van der Waals surface area contributed by atoms with Gasteiger partial charge < -0.3 is 24.4 Å². The molecule has 2 amide bonds. The van der Waals surface area contributed by atoms with Crippen LogP contribution in [0, 0.1) is 17.6 Å². The summed E-state index contributed by atoms with van der Waals surface area (Å²) < 4.78 is 42.7. The number of benzene rings is 3. The molecule has 2 fully saturated rings. The third-order valence-electron chi connectivity index (χ3n) is 9.63. The molecular formula is C36H45ClF2N8O4. The van der Waals surface area contributed by atoms with Crippen molar-refractivity contribution >= 4 is 35.5 Å². The molecule has 4 atom stereocenters. The van der Waals surface area contributed by atoms with Gasteiger partial charge in [0.1, 0.15) is 35.6 Å². The van der Waals surface area contributed by atoms with Gasteiger partial charge in [0.05, 0.1) is 31.9 Å². The molecule has 2 saturated heterocycles. The fraction of sp³-hybridized carbons (Fsp3) is 0.417. The van der Waals surface area contributed by atoms with E-state index in [2.05, 4.69) is 37.4 Å². The number of halogens is 3. The lowest BCUT2D eigenvalue weighted by Crippen LogP contribution is -2.52. The minimum Gasteiger partial charge on any atom is -0.493 e. The molecule has 2 aliphatic heterocycles. The first-order chi connectivity index (χ1) is 24.2. The van der Waals surface area contributed by atoms with Crippen LogP contribution in [0.2, 0.25) is 0 Å². The number of nitrogens with two attached hydrogens (primary N) is 1. The highest BCUT2D eigenvalue weighted by Crippen LogP contribution is 2.42.